The van der Waals surface area contributed by atoms with E-state index in [0.29, 0.717) is 11.3 Å². The molecule has 3 amide bonds. The van der Waals surface area contributed by atoms with Gasteiger partial charge in [-0.2, -0.15) is 0 Å². The van der Waals surface area contributed by atoms with Crippen molar-refractivity contribution < 1.29 is 19.1 Å². The Labute approximate surface area is 170 Å². The Morgan fingerprint density at radius 3 is 2.48 bits per heavy atom. The molecule has 29 heavy (non-hydrogen) atoms. The van der Waals surface area contributed by atoms with Crippen molar-refractivity contribution in [3.8, 4) is 0 Å². The maximum Gasteiger partial charge on any atom is 0.407 e. The summed E-state index contributed by atoms with van der Waals surface area (Å²) < 4.78 is 5.12. The number of nitrogens with zero attached hydrogens (tertiary/aromatic N) is 1. The smallest absolute Gasteiger partial charge is 0.407 e. The standard InChI is InChI=1S/C21H26N4O4/c1-21(2,3)29-20(28)23-12-10-18(26)25-17-9-5-4-7-15(17)14-24-19(27)16-8-6-11-22-13-16/h4-9,11,13H,10,12,14H2,1-3H3,(H,23,28)(H,24,27)(H,25,26). The van der Waals surface area contributed by atoms with Crippen LogP contribution in [0.4, 0.5) is 10.5 Å². The second-order valence-corrected chi connectivity index (χ2v) is 7.31. The van der Waals surface area contributed by atoms with Crippen molar-refractivity contribution in [2.75, 3.05) is 11.9 Å². The number of pyridine rings is 1. The van der Waals surface area contributed by atoms with E-state index < -0.39 is 11.7 Å². The lowest BCUT2D eigenvalue weighted by Crippen LogP contribution is -2.34. The number of rotatable bonds is 7. The maximum atomic E-state index is 12.2. The normalized spacial score (nSPS) is 10.7. The fraction of sp³-hybridized carbons (Fsp3) is 0.333. The van der Waals surface area contributed by atoms with Crippen LogP contribution in [0.5, 0.6) is 0 Å². The SMILES string of the molecule is CC(C)(C)OC(=O)NCCC(=O)Nc1ccccc1CNC(=O)c1cccnc1. The summed E-state index contributed by atoms with van der Waals surface area (Å²) in [6.07, 6.45) is 2.61. The molecule has 3 N–H and O–H groups in total. The molecule has 8 nitrogen and oxygen atoms in total. The van der Waals surface area contributed by atoms with E-state index in [1.807, 2.05) is 12.1 Å². The second-order valence-electron chi connectivity index (χ2n) is 7.31. The van der Waals surface area contributed by atoms with Crippen molar-refractivity contribution >= 4 is 23.6 Å². The Bertz CT molecular complexity index is 847. The van der Waals surface area contributed by atoms with Crippen LogP contribution in [0.2, 0.25) is 0 Å². The molecule has 2 aromatic rings. The lowest BCUT2D eigenvalue weighted by Gasteiger charge is -2.19. The van der Waals surface area contributed by atoms with E-state index in [1.165, 1.54) is 6.20 Å². The molecule has 0 aliphatic carbocycles. The number of carbonyl (C=O) groups is 3. The van der Waals surface area contributed by atoms with Crippen molar-refractivity contribution in [2.24, 2.45) is 0 Å². The number of nitrogens with one attached hydrogen (secondary N) is 3. The van der Waals surface area contributed by atoms with Gasteiger partial charge in [-0.25, -0.2) is 4.79 Å². The second kappa shape index (κ2) is 10.2. The molecule has 0 aliphatic heterocycles. The summed E-state index contributed by atoms with van der Waals surface area (Å²) in [5, 5.41) is 8.15. The highest BCUT2D eigenvalue weighted by Crippen LogP contribution is 2.15. The van der Waals surface area contributed by atoms with E-state index in [2.05, 4.69) is 20.9 Å². The lowest BCUT2D eigenvalue weighted by molar-refractivity contribution is -0.116. The Hall–Kier alpha value is -3.42. The number of hydrogen-bond donors (Lipinski definition) is 3. The number of carbonyl (C=O) groups excluding carboxylic acids is 3. The molecule has 1 heterocycles. The first kappa shape index (κ1) is 21.9. The first-order chi connectivity index (χ1) is 13.7. The van der Waals surface area contributed by atoms with Crippen LogP contribution in [0.25, 0.3) is 0 Å². The molecule has 0 aliphatic rings. The van der Waals surface area contributed by atoms with Gasteiger partial charge in [-0.3, -0.25) is 14.6 Å². The van der Waals surface area contributed by atoms with Crippen molar-refractivity contribution in [3.63, 3.8) is 0 Å². The van der Waals surface area contributed by atoms with Crippen LogP contribution in [0.15, 0.2) is 48.8 Å². The molecule has 0 radical (unpaired) electrons. The zero-order chi connectivity index (χ0) is 21.3. The van der Waals surface area contributed by atoms with E-state index in [9.17, 15) is 14.4 Å². The summed E-state index contributed by atoms with van der Waals surface area (Å²) in [6.45, 7) is 5.71. The van der Waals surface area contributed by atoms with Crippen LogP contribution in [-0.2, 0) is 16.1 Å². The van der Waals surface area contributed by atoms with Crippen molar-refractivity contribution in [3.05, 3.63) is 59.9 Å². The number of aromatic nitrogens is 1. The average Bonchev–Trinajstić information content (AvgIpc) is 2.66. The Kier molecular flexibility index (Phi) is 7.70. The summed E-state index contributed by atoms with van der Waals surface area (Å²) in [6, 6.07) is 10.6. The number of anilines is 1. The molecule has 154 valence electrons. The van der Waals surface area contributed by atoms with Gasteiger partial charge in [0.15, 0.2) is 0 Å². The summed E-state index contributed by atoms with van der Waals surface area (Å²) in [5.74, 6) is -0.507. The molecule has 0 spiro atoms. The van der Waals surface area contributed by atoms with Crippen LogP contribution in [0.3, 0.4) is 0 Å². The summed E-state index contributed by atoms with van der Waals surface area (Å²) in [7, 11) is 0. The van der Waals surface area contributed by atoms with Gasteiger partial charge < -0.3 is 20.7 Å². The molecular formula is C21H26N4O4. The Morgan fingerprint density at radius 1 is 1.03 bits per heavy atom. The summed E-state index contributed by atoms with van der Waals surface area (Å²) in [4.78, 5) is 39.9. The van der Waals surface area contributed by atoms with Gasteiger partial charge in [-0.1, -0.05) is 18.2 Å². The highest BCUT2D eigenvalue weighted by atomic mass is 16.6. The van der Waals surface area contributed by atoms with Crippen LogP contribution in [0, 0.1) is 0 Å². The van der Waals surface area contributed by atoms with E-state index in [4.69, 9.17) is 4.74 Å². The van der Waals surface area contributed by atoms with Gasteiger partial charge in [0.25, 0.3) is 5.91 Å². The number of amides is 3. The van der Waals surface area contributed by atoms with Crippen LogP contribution in [-0.4, -0.2) is 35.0 Å². The minimum atomic E-state index is -0.592. The van der Waals surface area contributed by atoms with Gasteiger partial charge in [0, 0.05) is 37.6 Å². The quantitative estimate of drug-likeness (QED) is 0.664. The Balaban J connectivity index is 1.84. The average molecular weight is 398 g/mol. The van der Waals surface area contributed by atoms with E-state index in [-0.39, 0.29) is 31.3 Å². The van der Waals surface area contributed by atoms with E-state index in [0.717, 1.165) is 5.56 Å². The van der Waals surface area contributed by atoms with Gasteiger partial charge in [-0.05, 0) is 44.5 Å². The lowest BCUT2D eigenvalue weighted by atomic mass is 10.1. The largest absolute Gasteiger partial charge is 0.444 e. The highest BCUT2D eigenvalue weighted by molar-refractivity contribution is 5.94. The first-order valence-corrected chi connectivity index (χ1v) is 9.27. The third kappa shape index (κ3) is 8.00. The van der Waals surface area contributed by atoms with Crippen molar-refractivity contribution in [2.45, 2.75) is 39.3 Å². The zero-order valence-electron chi connectivity index (χ0n) is 16.8. The van der Waals surface area contributed by atoms with Gasteiger partial charge in [0.1, 0.15) is 5.60 Å². The number of benzene rings is 1. The fourth-order valence-electron chi connectivity index (χ4n) is 2.38. The predicted octanol–water partition coefficient (Wildman–Crippen LogP) is 2.86. The van der Waals surface area contributed by atoms with Crippen molar-refractivity contribution in [1.29, 1.82) is 0 Å². The fourth-order valence-corrected chi connectivity index (χ4v) is 2.38. The third-order valence-electron chi connectivity index (χ3n) is 3.67. The van der Waals surface area contributed by atoms with Gasteiger partial charge >= 0.3 is 6.09 Å². The number of ether oxygens (including phenoxy) is 1. The first-order valence-electron chi connectivity index (χ1n) is 9.27. The van der Waals surface area contributed by atoms with Crippen molar-refractivity contribution in [1.82, 2.24) is 15.6 Å². The minimum absolute atomic E-state index is 0.0929. The summed E-state index contributed by atoms with van der Waals surface area (Å²) in [5.41, 5.74) is 1.23. The molecule has 1 aromatic heterocycles. The third-order valence-corrected chi connectivity index (χ3v) is 3.67. The molecule has 1 aromatic carbocycles. The predicted molar refractivity (Wildman–Crippen MR) is 109 cm³/mol. The van der Waals surface area contributed by atoms with Crippen LogP contribution in [0.1, 0.15) is 43.1 Å². The minimum Gasteiger partial charge on any atom is -0.444 e. The molecule has 0 unspecified atom stereocenters. The van der Waals surface area contributed by atoms with Gasteiger partial charge in [0.2, 0.25) is 5.91 Å². The molecule has 8 heteroatoms. The molecule has 0 fully saturated rings. The van der Waals surface area contributed by atoms with E-state index in [1.54, 1.807) is 51.2 Å². The maximum absolute atomic E-state index is 12.2. The highest BCUT2D eigenvalue weighted by Gasteiger charge is 2.16. The van der Waals surface area contributed by atoms with Crippen LogP contribution >= 0.6 is 0 Å². The van der Waals surface area contributed by atoms with Gasteiger partial charge in [0.05, 0.1) is 5.56 Å². The Morgan fingerprint density at radius 2 is 1.79 bits per heavy atom. The van der Waals surface area contributed by atoms with Crippen LogP contribution < -0.4 is 16.0 Å². The molecule has 0 saturated heterocycles. The van der Waals surface area contributed by atoms with Gasteiger partial charge in [-0.15, -0.1) is 0 Å². The number of para-hydroxylation sites is 1. The molecule has 0 atom stereocenters. The summed E-state index contributed by atoms with van der Waals surface area (Å²) >= 11 is 0. The molecule has 0 bridgehead atoms. The zero-order valence-corrected chi connectivity index (χ0v) is 16.8. The topological polar surface area (TPSA) is 109 Å². The number of hydrogen-bond acceptors (Lipinski definition) is 5. The van der Waals surface area contributed by atoms with E-state index >= 15 is 0 Å². The monoisotopic (exact) mass is 398 g/mol. The molecule has 0 saturated carbocycles. The molecule has 2 rings (SSSR count). The number of alkyl carbamates (subject to hydrolysis) is 1. The molecular weight excluding hydrogens is 372 g/mol.